The fourth-order valence-electron chi connectivity index (χ4n) is 3.23. The molecule has 5 nitrogen and oxygen atoms in total. The fourth-order valence-corrected chi connectivity index (χ4v) is 5.09. The molecule has 0 fully saturated rings. The lowest BCUT2D eigenvalue weighted by Gasteiger charge is -2.15. The van der Waals surface area contributed by atoms with Gasteiger partial charge in [-0.25, -0.2) is 9.37 Å². The van der Waals surface area contributed by atoms with E-state index in [1.165, 1.54) is 17.7 Å². The molecule has 164 valence electrons. The molecule has 4 rings (SSSR count). The summed E-state index contributed by atoms with van der Waals surface area (Å²) in [5, 5.41) is 12.6. The van der Waals surface area contributed by atoms with Crippen LogP contribution in [-0.2, 0) is 12.3 Å². The number of allylic oxidation sites excluding steroid dienone is 1. The van der Waals surface area contributed by atoms with Gasteiger partial charge in [0.15, 0.2) is 17.1 Å². The van der Waals surface area contributed by atoms with Crippen LogP contribution in [0.15, 0.2) is 71.7 Å². The molecule has 1 atom stereocenters. The molecule has 0 radical (unpaired) electrons. The minimum Gasteiger partial charge on any atom is -0.483 e. The van der Waals surface area contributed by atoms with Gasteiger partial charge in [-0.05, 0) is 43.7 Å². The van der Waals surface area contributed by atoms with Crippen LogP contribution in [0.1, 0.15) is 30.1 Å². The predicted molar refractivity (Wildman–Crippen MR) is 128 cm³/mol. The lowest BCUT2D eigenvalue weighted by molar-refractivity contribution is 0.210. The number of halogens is 1. The molecule has 0 saturated heterocycles. The van der Waals surface area contributed by atoms with E-state index in [-0.39, 0.29) is 11.9 Å². The Labute approximate surface area is 195 Å². The van der Waals surface area contributed by atoms with Gasteiger partial charge in [-0.3, -0.25) is 4.57 Å². The maximum Gasteiger partial charge on any atom is 0.192 e. The van der Waals surface area contributed by atoms with E-state index in [9.17, 15) is 4.39 Å². The normalized spacial score (nSPS) is 12.0. The zero-order valence-electron chi connectivity index (χ0n) is 17.9. The average molecular weight is 467 g/mol. The molecule has 0 aliphatic carbocycles. The van der Waals surface area contributed by atoms with Crippen LogP contribution in [-0.4, -0.2) is 19.7 Å². The van der Waals surface area contributed by atoms with Crippen molar-refractivity contribution < 1.29 is 9.13 Å². The number of rotatable bonds is 9. The summed E-state index contributed by atoms with van der Waals surface area (Å²) in [6, 6.07) is 14.2. The molecule has 0 amide bonds. The molecule has 0 N–H and O–H groups in total. The standard InChI is InChI=1S/C24H23FN4OS2/c1-4-13-29-22(17(3)30-20-11-9-18(25)10-12-20)27-28-24(29)32-15-19-14-31-23(26-19)21-8-6-5-7-16(21)2/h4-12,14,17H,1,13,15H2,2-3H3. The van der Waals surface area contributed by atoms with E-state index < -0.39 is 0 Å². The second-order valence-electron chi connectivity index (χ2n) is 7.20. The van der Waals surface area contributed by atoms with E-state index in [0.29, 0.717) is 23.9 Å². The van der Waals surface area contributed by atoms with Crippen LogP contribution in [0.2, 0.25) is 0 Å². The number of hydrogen-bond acceptors (Lipinski definition) is 6. The summed E-state index contributed by atoms with van der Waals surface area (Å²) in [5.74, 6) is 1.65. The van der Waals surface area contributed by atoms with Crippen LogP contribution in [0, 0.1) is 12.7 Å². The van der Waals surface area contributed by atoms with Crippen LogP contribution in [0.5, 0.6) is 5.75 Å². The zero-order chi connectivity index (χ0) is 22.5. The van der Waals surface area contributed by atoms with Crippen LogP contribution in [0.25, 0.3) is 10.6 Å². The zero-order valence-corrected chi connectivity index (χ0v) is 19.5. The van der Waals surface area contributed by atoms with Gasteiger partial charge in [-0.1, -0.05) is 42.1 Å². The Hall–Kier alpha value is -2.97. The quantitative estimate of drug-likeness (QED) is 0.209. The van der Waals surface area contributed by atoms with E-state index >= 15 is 0 Å². The Bertz CT molecular complexity index is 1200. The monoisotopic (exact) mass is 466 g/mol. The minimum absolute atomic E-state index is 0.300. The van der Waals surface area contributed by atoms with Crippen molar-refractivity contribution in [1.29, 1.82) is 0 Å². The first kappa shape index (κ1) is 22.2. The minimum atomic E-state index is -0.353. The van der Waals surface area contributed by atoms with Gasteiger partial charge in [0.2, 0.25) is 0 Å². The van der Waals surface area contributed by atoms with Gasteiger partial charge in [-0.2, -0.15) is 0 Å². The molecular weight excluding hydrogens is 443 g/mol. The van der Waals surface area contributed by atoms with Crippen molar-refractivity contribution in [2.24, 2.45) is 0 Å². The van der Waals surface area contributed by atoms with E-state index in [2.05, 4.69) is 41.2 Å². The smallest absolute Gasteiger partial charge is 0.192 e. The third kappa shape index (κ3) is 5.08. The number of aromatic nitrogens is 4. The lowest BCUT2D eigenvalue weighted by atomic mass is 10.1. The Morgan fingerprint density at radius 3 is 2.72 bits per heavy atom. The number of thioether (sulfide) groups is 1. The summed E-state index contributed by atoms with van der Waals surface area (Å²) in [7, 11) is 0. The highest BCUT2D eigenvalue weighted by molar-refractivity contribution is 7.98. The van der Waals surface area contributed by atoms with E-state index in [0.717, 1.165) is 21.4 Å². The predicted octanol–water partition coefficient (Wildman–Crippen LogP) is 6.47. The third-order valence-corrected chi connectivity index (χ3v) is 6.75. The van der Waals surface area contributed by atoms with E-state index in [1.807, 2.05) is 23.6 Å². The third-order valence-electron chi connectivity index (χ3n) is 4.82. The van der Waals surface area contributed by atoms with Crippen molar-refractivity contribution in [3.63, 3.8) is 0 Å². The van der Waals surface area contributed by atoms with Gasteiger partial charge in [0, 0.05) is 23.2 Å². The van der Waals surface area contributed by atoms with Gasteiger partial charge in [-0.15, -0.1) is 28.1 Å². The summed E-state index contributed by atoms with van der Waals surface area (Å²) >= 11 is 3.23. The summed E-state index contributed by atoms with van der Waals surface area (Å²) in [5.41, 5.74) is 3.38. The molecule has 8 heteroatoms. The largest absolute Gasteiger partial charge is 0.483 e. The number of benzene rings is 2. The first-order valence-corrected chi connectivity index (χ1v) is 12.0. The van der Waals surface area contributed by atoms with Crippen molar-refractivity contribution in [3.05, 3.63) is 89.5 Å². The summed E-state index contributed by atoms with van der Waals surface area (Å²) in [6.07, 6.45) is 1.45. The molecule has 2 heterocycles. The molecule has 2 aromatic heterocycles. The van der Waals surface area contributed by atoms with Gasteiger partial charge >= 0.3 is 0 Å². The lowest BCUT2D eigenvalue weighted by Crippen LogP contribution is -2.12. The first-order valence-electron chi connectivity index (χ1n) is 10.1. The molecule has 1 unspecified atom stereocenters. The number of aryl methyl sites for hydroxylation is 1. The maximum atomic E-state index is 13.2. The maximum absolute atomic E-state index is 13.2. The molecule has 2 aromatic carbocycles. The second-order valence-corrected chi connectivity index (χ2v) is 9.00. The van der Waals surface area contributed by atoms with Gasteiger partial charge in [0.05, 0.1) is 5.69 Å². The van der Waals surface area contributed by atoms with Crippen molar-refractivity contribution >= 4 is 23.1 Å². The Morgan fingerprint density at radius 2 is 1.97 bits per heavy atom. The summed E-state index contributed by atoms with van der Waals surface area (Å²) in [6.45, 7) is 8.41. The summed E-state index contributed by atoms with van der Waals surface area (Å²) in [4.78, 5) is 4.80. The first-order chi connectivity index (χ1) is 15.5. The Kier molecular flexibility index (Phi) is 7.02. The average Bonchev–Trinajstić information content (AvgIpc) is 3.42. The molecule has 0 aliphatic rings. The van der Waals surface area contributed by atoms with Gasteiger partial charge < -0.3 is 4.74 Å². The molecule has 0 saturated carbocycles. The Morgan fingerprint density at radius 1 is 1.19 bits per heavy atom. The highest BCUT2D eigenvalue weighted by Gasteiger charge is 2.19. The number of hydrogen-bond donors (Lipinski definition) is 0. The molecule has 0 bridgehead atoms. The highest BCUT2D eigenvalue weighted by atomic mass is 32.2. The summed E-state index contributed by atoms with van der Waals surface area (Å²) < 4.78 is 21.1. The van der Waals surface area contributed by atoms with Gasteiger partial charge in [0.1, 0.15) is 16.6 Å². The highest BCUT2D eigenvalue weighted by Crippen LogP contribution is 2.30. The van der Waals surface area contributed by atoms with Crippen LogP contribution >= 0.6 is 23.1 Å². The van der Waals surface area contributed by atoms with Crippen LogP contribution < -0.4 is 4.74 Å². The number of ether oxygens (including phenoxy) is 1. The van der Waals surface area contributed by atoms with E-state index in [1.54, 1.807) is 41.3 Å². The molecule has 0 spiro atoms. The van der Waals surface area contributed by atoms with Crippen LogP contribution in [0.4, 0.5) is 4.39 Å². The Balaban J connectivity index is 1.47. The SMILES string of the molecule is C=CCn1c(SCc2csc(-c3ccccc3C)n2)nnc1C(C)Oc1ccc(F)cc1. The van der Waals surface area contributed by atoms with Crippen molar-refractivity contribution in [1.82, 2.24) is 19.7 Å². The van der Waals surface area contributed by atoms with Crippen molar-refractivity contribution in [3.8, 4) is 16.3 Å². The molecule has 4 aromatic rings. The van der Waals surface area contributed by atoms with Gasteiger partial charge in [0.25, 0.3) is 0 Å². The fraction of sp³-hybridized carbons (Fsp3) is 0.208. The molecule has 0 aliphatic heterocycles. The van der Waals surface area contributed by atoms with E-state index in [4.69, 9.17) is 9.72 Å². The van der Waals surface area contributed by atoms with Crippen molar-refractivity contribution in [2.45, 2.75) is 37.4 Å². The van der Waals surface area contributed by atoms with Crippen molar-refractivity contribution in [2.75, 3.05) is 0 Å². The molecule has 32 heavy (non-hydrogen) atoms. The number of thiazole rings is 1. The number of nitrogens with zero attached hydrogens (tertiary/aromatic N) is 4. The molecular formula is C24H23FN4OS2. The second kappa shape index (κ2) is 10.1. The van der Waals surface area contributed by atoms with Crippen LogP contribution in [0.3, 0.4) is 0 Å². The topological polar surface area (TPSA) is 52.8 Å².